The maximum absolute atomic E-state index is 12.2. The molecule has 0 aromatic rings. The maximum Gasteiger partial charge on any atom is 0.242 e. The van der Waals surface area contributed by atoms with E-state index in [-0.39, 0.29) is 49.6 Å². The Labute approximate surface area is 124 Å². The van der Waals surface area contributed by atoms with E-state index in [1.807, 2.05) is 0 Å². The van der Waals surface area contributed by atoms with Crippen LogP contribution in [0.15, 0.2) is 0 Å². The van der Waals surface area contributed by atoms with E-state index in [1.165, 1.54) is 0 Å². The van der Waals surface area contributed by atoms with Gasteiger partial charge in [-0.3, -0.25) is 19.3 Å². The largest absolute Gasteiger partial charge is 0.368 e. The highest BCUT2D eigenvalue weighted by Gasteiger charge is 2.33. The summed E-state index contributed by atoms with van der Waals surface area (Å²) in [6.45, 7) is 1.95. The lowest BCUT2D eigenvalue weighted by Gasteiger charge is -2.33. The van der Waals surface area contributed by atoms with Crippen molar-refractivity contribution in [1.82, 2.24) is 9.80 Å². The van der Waals surface area contributed by atoms with Gasteiger partial charge < -0.3 is 9.64 Å². The Hall–Kier alpha value is -1.87. The van der Waals surface area contributed by atoms with Crippen LogP contribution in [0.1, 0.15) is 25.7 Å². The fourth-order valence-electron chi connectivity index (χ4n) is 2.75. The molecular weight excluding hydrogens is 272 g/mol. The van der Waals surface area contributed by atoms with E-state index in [1.54, 1.807) is 4.90 Å². The normalized spacial score (nSPS) is 22.5. The van der Waals surface area contributed by atoms with Gasteiger partial charge in [-0.15, -0.1) is 6.42 Å². The molecule has 2 rings (SSSR count). The fourth-order valence-corrected chi connectivity index (χ4v) is 2.75. The van der Waals surface area contributed by atoms with Gasteiger partial charge in [-0.25, -0.2) is 0 Å². The zero-order valence-electron chi connectivity index (χ0n) is 12.0. The molecule has 2 aliphatic heterocycles. The van der Waals surface area contributed by atoms with Gasteiger partial charge in [-0.2, -0.15) is 0 Å². The lowest BCUT2D eigenvalue weighted by Crippen LogP contribution is -2.47. The second kappa shape index (κ2) is 7.23. The second-order valence-electron chi connectivity index (χ2n) is 5.44. The lowest BCUT2D eigenvalue weighted by atomic mass is 9.99. The van der Waals surface area contributed by atoms with Crippen LogP contribution in [0.5, 0.6) is 0 Å². The molecule has 0 bridgehead atoms. The Morgan fingerprint density at radius 3 is 2.71 bits per heavy atom. The number of terminal acetylenes is 1. The van der Waals surface area contributed by atoms with Gasteiger partial charge in [-0.05, 0) is 18.8 Å². The van der Waals surface area contributed by atoms with Crippen LogP contribution in [0.4, 0.5) is 0 Å². The summed E-state index contributed by atoms with van der Waals surface area (Å²) < 4.78 is 5.33. The number of piperidine rings is 1. The lowest BCUT2D eigenvalue weighted by molar-refractivity contribution is -0.146. The number of imide groups is 1. The van der Waals surface area contributed by atoms with Crippen LogP contribution in [0, 0.1) is 18.3 Å². The zero-order chi connectivity index (χ0) is 15.2. The van der Waals surface area contributed by atoms with E-state index in [0.717, 1.165) is 17.7 Å². The van der Waals surface area contributed by atoms with Gasteiger partial charge in [0.1, 0.15) is 13.2 Å². The molecule has 0 aliphatic carbocycles. The Morgan fingerprint density at radius 2 is 2.05 bits per heavy atom. The molecule has 2 fully saturated rings. The Morgan fingerprint density at radius 1 is 1.33 bits per heavy atom. The monoisotopic (exact) mass is 292 g/mol. The summed E-state index contributed by atoms with van der Waals surface area (Å²) in [5.41, 5.74) is 0. The Kier molecular flexibility index (Phi) is 5.34. The van der Waals surface area contributed by atoms with E-state index < -0.39 is 0 Å². The van der Waals surface area contributed by atoms with E-state index in [0.29, 0.717) is 19.7 Å². The molecule has 2 heterocycles. The van der Waals surface area contributed by atoms with Crippen LogP contribution in [-0.4, -0.2) is 60.4 Å². The number of carbonyl (C=O) groups excluding carboxylic acids is 3. The van der Waals surface area contributed by atoms with Gasteiger partial charge in [0.2, 0.25) is 17.7 Å². The number of amides is 3. The molecule has 0 aromatic carbocycles. The third-order valence-corrected chi connectivity index (χ3v) is 3.86. The number of carbonyl (C=O) groups is 3. The Balaban J connectivity index is 1.83. The zero-order valence-corrected chi connectivity index (χ0v) is 12.0. The highest BCUT2D eigenvalue weighted by molar-refractivity contribution is 6.04. The van der Waals surface area contributed by atoms with Crippen molar-refractivity contribution in [1.29, 1.82) is 0 Å². The number of hydrogen-bond acceptors (Lipinski definition) is 4. The minimum Gasteiger partial charge on any atom is -0.368 e. The first-order chi connectivity index (χ1) is 10.1. The third-order valence-electron chi connectivity index (χ3n) is 3.86. The van der Waals surface area contributed by atoms with Crippen LogP contribution in [-0.2, 0) is 19.1 Å². The third kappa shape index (κ3) is 4.05. The molecule has 0 aromatic heterocycles. The first-order valence-corrected chi connectivity index (χ1v) is 7.24. The molecule has 2 saturated heterocycles. The first kappa shape index (κ1) is 15.5. The number of likely N-dealkylation sites (tertiary alicyclic amines) is 2. The summed E-state index contributed by atoms with van der Waals surface area (Å²) in [5.74, 6) is 2.01. The van der Waals surface area contributed by atoms with Crippen molar-refractivity contribution >= 4 is 17.7 Å². The summed E-state index contributed by atoms with van der Waals surface area (Å²) in [6, 6.07) is 0. The summed E-state index contributed by atoms with van der Waals surface area (Å²) in [6.07, 6.45) is 7.46. The molecule has 2 aliphatic rings. The highest BCUT2D eigenvalue weighted by Crippen LogP contribution is 2.18. The Bertz CT molecular complexity index is 453. The van der Waals surface area contributed by atoms with Crippen molar-refractivity contribution in [3.63, 3.8) is 0 Å². The van der Waals surface area contributed by atoms with Crippen molar-refractivity contribution in [2.45, 2.75) is 25.7 Å². The molecule has 1 atom stereocenters. The molecule has 0 radical (unpaired) electrons. The van der Waals surface area contributed by atoms with E-state index in [2.05, 4.69) is 5.92 Å². The van der Waals surface area contributed by atoms with Gasteiger partial charge in [0.15, 0.2) is 0 Å². The molecule has 1 unspecified atom stereocenters. The summed E-state index contributed by atoms with van der Waals surface area (Å²) in [4.78, 5) is 38.1. The van der Waals surface area contributed by atoms with Crippen LogP contribution >= 0.6 is 0 Å². The number of nitrogens with zero attached hydrogens (tertiary/aromatic N) is 2. The van der Waals surface area contributed by atoms with Crippen molar-refractivity contribution in [3.8, 4) is 12.3 Å². The molecule has 114 valence electrons. The molecule has 0 N–H and O–H groups in total. The standard InChI is InChI=1S/C15H20N2O4/c1-2-8-21-11-12-4-3-7-16(9-12)15(20)10-17-13(18)5-6-14(17)19/h1,12H,3-11H2. The van der Waals surface area contributed by atoms with Gasteiger partial charge >= 0.3 is 0 Å². The highest BCUT2D eigenvalue weighted by atomic mass is 16.5. The minimum absolute atomic E-state index is 0.129. The molecule has 6 nitrogen and oxygen atoms in total. The van der Waals surface area contributed by atoms with Crippen molar-refractivity contribution < 1.29 is 19.1 Å². The number of ether oxygens (including phenoxy) is 1. The smallest absolute Gasteiger partial charge is 0.242 e. The average Bonchev–Trinajstić information content (AvgIpc) is 2.80. The van der Waals surface area contributed by atoms with E-state index in [9.17, 15) is 14.4 Å². The fraction of sp³-hybridized carbons (Fsp3) is 0.667. The first-order valence-electron chi connectivity index (χ1n) is 7.24. The van der Waals surface area contributed by atoms with Gasteiger partial charge in [0.25, 0.3) is 0 Å². The maximum atomic E-state index is 12.2. The summed E-state index contributed by atoms with van der Waals surface area (Å²) >= 11 is 0. The number of hydrogen-bond donors (Lipinski definition) is 0. The van der Waals surface area contributed by atoms with Crippen LogP contribution in [0.25, 0.3) is 0 Å². The molecule has 3 amide bonds. The quantitative estimate of drug-likeness (QED) is 0.407. The van der Waals surface area contributed by atoms with Gasteiger partial charge in [-0.1, -0.05) is 5.92 Å². The predicted octanol–water partition coefficient (Wildman–Crippen LogP) is 0.0238. The molecule has 6 heteroatoms. The average molecular weight is 292 g/mol. The SMILES string of the molecule is C#CCOCC1CCCN(C(=O)CN2C(=O)CCC2=O)C1. The van der Waals surface area contributed by atoms with E-state index in [4.69, 9.17) is 11.2 Å². The summed E-state index contributed by atoms with van der Waals surface area (Å²) in [7, 11) is 0. The van der Waals surface area contributed by atoms with Crippen LogP contribution in [0.2, 0.25) is 0 Å². The van der Waals surface area contributed by atoms with E-state index >= 15 is 0 Å². The van der Waals surface area contributed by atoms with Crippen molar-refractivity contribution in [3.05, 3.63) is 0 Å². The van der Waals surface area contributed by atoms with Crippen LogP contribution < -0.4 is 0 Å². The second-order valence-corrected chi connectivity index (χ2v) is 5.44. The van der Waals surface area contributed by atoms with Gasteiger partial charge in [0, 0.05) is 25.9 Å². The molecule has 0 spiro atoms. The van der Waals surface area contributed by atoms with Crippen molar-refractivity contribution in [2.24, 2.45) is 5.92 Å². The number of rotatable bonds is 5. The topological polar surface area (TPSA) is 66.9 Å². The van der Waals surface area contributed by atoms with Crippen molar-refractivity contribution in [2.75, 3.05) is 32.8 Å². The van der Waals surface area contributed by atoms with Gasteiger partial charge in [0.05, 0.1) is 6.61 Å². The summed E-state index contributed by atoms with van der Waals surface area (Å²) in [5, 5.41) is 0. The molecule has 0 saturated carbocycles. The van der Waals surface area contributed by atoms with Crippen LogP contribution in [0.3, 0.4) is 0 Å². The molecule has 21 heavy (non-hydrogen) atoms. The predicted molar refractivity (Wildman–Crippen MR) is 74.9 cm³/mol. The minimum atomic E-state index is -0.251. The molecular formula is C15H20N2O4.